The molecule has 0 radical (unpaired) electrons. The van der Waals surface area contributed by atoms with Gasteiger partial charge in [0.1, 0.15) is 5.75 Å². The van der Waals surface area contributed by atoms with Gasteiger partial charge < -0.3 is 24.1 Å². The number of carbonyl (C=O) groups excluding carboxylic acids is 1. The molecule has 0 unspecified atom stereocenters. The summed E-state index contributed by atoms with van der Waals surface area (Å²) in [7, 11) is 0. The SMILES string of the molecule is CCOc1ccc2[nH]c(=O)c(CN(C[C@@H]3COCCO3)C(=O)C3CC3)cc2c1. The van der Waals surface area contributed by atoms with Crippen molar-refractivity contribution in [1.82, 2.24) is 9.88 Å². The lowest BCUT2D eigenvalue weighted by Crippen LogP contribution is -2.43. The highest BCUT2D eigenvalue weighted by atomic mass is 16.6. The minimum Gasteiger partial charge on any atom is -0.494 e. The molecule has 1 amide bonds. The van der Waals surface area contributed by atoms with Crippen molar-refractivity contribution in [2.45, 2.75) is 32.4 Å². The molecule has 2 fully saturated rings. The number of nitrogens with one attached hydrogen (secondary N) is 1. The first-order valence-electron chi connectivity index (χ1n) is 9.91. The van der Waals surface area contributed by atoms with Crippen LogP contribution in [-0.4, -0.2) is 54.9 Å². The van der Waals surface area contributed by atoms with Gasteiger partial charge in [-0.25, -0.2) is 0 Å². The molecule has 2 aliphatic rings. The van der Waals surface area contributed by atoms with Gasteiger partial charge in [-0.2, -0.15) is 0 Å². The molecule has 28 heavy (non-hydrogen) atoms. The third kappa shape index (κ3) is 4.36. The van der Waals surface area contributed by atoms with E-state index < -0.39 is 0 Å². The molecule has 7 heteroatoms. The van der Waals surface area contributed by atoms with Crippen molar-refractivity contribution in [1.29, 1.82) is 0 Å². The summed E-state index contributed by atoms with van der Waals surface area (Å²) in [6.07, 6.45) is 1.69. The number of ether oxygens (including phenoxy) is 3. The molecule has 1 aromatic carbocycles. The molecule has 1 aliphatic heterocycles. The fourth-order valence-corrected chi connectivity index (χ4v) is 3.52. The Balaban J connectivity index is 1.58. The summed E-state index contributed by atoms with van der Waals surface area (Å²) in [5.74, 6) is 0.928. The van der Waals surface area contributed by atoms with Gasteiger partial charge in [0.25, 0.3) is 5.56 Å². The molecule has 1 N–H and O–H groups in total. The second-order valence-electron chi connectivity index (χ2n) is 7.37. The van der Waals surface area contributed by atoms with Crippen LogP contribution in [0, 0.1) is 5.92 Å². The van der Waals surface area contributed by atoms with Gasteiger partial charge in [-0.05, 0) is 44.0 Å². The van der Waals surface area contributed by atoms with Crippen LogP contribution in [0.1, 0.15) is 25.3 Å². The highest BCUT2D eigenvalue weighted by molar-refractivity contribution is 5.82. The summed E-state index contributed by atoms with van der Waals surface area (Å²) in [5, 5.41) is 0.886. The molecule has 1 saturated carbocycles. The number of H-pyrrole nitrogens is 1. The number of nitrogens with zero attached hydrogens (tertiary/aromatic N) is 1. The van der Waals surface area contributed by atoms with Crippen molar-refractivity contribution in [3.8, 4) is 5.75 Å². The monoisotopic (exact) mass is 386 g/mol. The third-order valence-electron chi connectivity index (χ3n) is 5.11. The molecule has 0 bridgehead atoms. The zero-order valence-corrected chi connectivity index (χ0v) is 16.1. The number of aromatic nitrogens is 1. The van der Waals surface area contributed by atoms with Crippen LogP contribution in [-0.2, 0) is 20.8 Å². The number of fused-ring (bicyclic) bond motifs is 1. The van der Waals surface area contributed by atoms with Gasteiger partial charge in [0, 0.05) is 28.9 Å². The summed E-state index contributed by atoms with van der Waals surface area (Å²) in [4.78, 5) is 30.1. The van der Waals surface area contributed by atoms with Gasteiger partial charge in [-0.3, -0.25) is 9.59 Å². The number of rotatable bonds is 7. The second-order valence-corrected chi connectivity index (χ2v) is 7.37. The van der Waals surface area contributed by atoms with Crippen LogP contribution >= 0.6 is 0 Å². The van der Waals surface area contributed by atoms with Crippen molar-refractivity contribution in [2.75, 3.05) is 33.0 Å². The largest absolute Gasteiger partial charge is 0.494 e. The Morgan fingerprint density at radius 3 is 2.86 bits per heavy atom. The van der Waals surface area contributed by atoms with Crippen LogP contribution in [0.15, 0.2) is 29.1 Å². The fourth-order valence-electron chi connectivity index (χ4n) is 3.52. The fraction of sp³-hybridized carbons (Fsp3) is 0.524. The number of carbonyl (C=O) groups is 1. The molecule has 1 aliphatic carbocycles. The maximum Gasteiger partial charge on any atom is 0.253 e. The highest BCUT2D eigenvalue weighted by Gasteiger charge is 2.35. The number of pyridine rings is 1. The zero-order chi connectivity index (χ0) is 19.5. The quantitative estimate of drug-likeness (QED) is 0.788. The van der Waals surface area contributed by atoms with Gasteiger partial charge >= 0.3 is 0 Å². The Labute approximate surface area is 163 Å². The Bertz CT molecular complexity index is 899. The molecule has 7 nitrogen and oxygen atoms in total. The lowest BCUT2D eigenvalue weighted by Gasteiger charge is -2.30. The van der Waals surface area contributed by atoms with Crippen molar-refractivity contribution >= 4 is 16.8 Å². The molecule has 1 aromatic heterocycles. The lowest BCUT2D eigenvalue weighted by molar-refractivity contribution is -0.140. The van der Waals surface area contributed by atoms with Crippen molar-refractivity contribution in [3.05, 3.63) is 40.2 Å². The first-order chi connectivity index (χ1) is 13.6. The van der Waals surface area contributed by atoms with E-state index in [-0.39, 0.29) is 30.0 Å². The summed E-state index contributed by atoms with van der Waals surface area (Å²) >= 11 is 0. The predicted molar refractivity (Wildman–Crippen MR) is 104 cm³/mol. The van der Waals surface area contributed by atoms with E-state index in [2.05, 4.69) is 4.98 Å². The van der Waals surface area contributed by atoms with Gasteiger partial charge in [-0.1, -0.05) is 0 Å². The first-order valence-corrected chi connectivity index (χ1v) is 9.91. The highest BCUT2D eigenvalue weighted by Crippen LogP contribution is 2.31. The molecular weight excluding hydrogens is 360 g/mol. The number of hydrogen-bond donors (Lipinski definition) is 1. The Kier molecular flexibility index (Phi) is 5.64. The van der Waals surface area contributed by atoms with E-state index in [9.17, 15) is 9.59 Å². The summed E-state index contributed by atoms with van der Waals surface area (Å²) in [6.45, 7) is 4.80. The van der Waals surface area contributed by atoms with Gasteiger partial charge in [0.05, 0.1) is 39.1 Å². The molecule has 0 spiro atoms. The minimum atomic E-state index is -0.175. The second kappa shape index (κ2) is 8.32. The van der Waals surface area contributed by atoms with Crippen LogP contribution in [0.5, 0.6) is 5.75 Å². The van der Waals surface area contributed by atoms with Crippen LogP contribution in [0.25, 0.3) is 10.9 Å². The van der Waals surface area contributed by atoms with Gasteiger partial charge in [0.2, 0.25) is 5.91 Å². The minimum absolute atomic E-state index is 0.0774. The third-order valence-corrected chi connectivity index (χ3v) is 5.11. The van der Waals surface area contributed by atoms with Crippen molar-refractivity contribution in [2.24, 2.45) is 5.92 Å². The number of benzene rings is 1. The Hall–Kier alpha value is -2.38. The van der Waals surface area contributed by atoms with Crippen LogP contribution < -0.4 is 10.3 Å². The van der Waals surface area contributed by atoms with Crippen LogP contribution in [0.2, 0.25) is 0 Å². The maximum atomic E-state index is 12.8. The van der Waals surface area contributed by atoms with E-state index in [0.29, 0.717) is 38.5 Å². The average Bonchev–Trinajstić information content (AvgIpc) is 3.54. The molecule has 4 rings (SSSR count). The smallest absolute Gasteiger partial charge is 0.253 e. The normalized spacial score (nSPS) is 19.5. The summed E-state index contributed by atoms with van der Waals surface area (Å²) < 4.78 is 16.7. The Morgan fingerprint density at radius 2 is 2.14 bits per heavy atom. The van der Waals surface area contributed by atoms with Crippen molar-refractivity contribution < 1.29 is 19.0 Å². The number of aromatic amines is 1. The molecule has 1 atom stereocenters. The van der Waals surface area contributed by atoms with E-state index >= 15 is 0 Å². The topological polar surface area (TPSA) is 80.9 Å². The zero-order valence-electron chi connectivity index (χ0n) is 16.1. The van der Waals surface area contributed by atoms with E-state index in [1.54, 1.807) is 4.90 Å². The first kappa shape index (κ1) is 19.0. The van der Waals surface area contributed by atoms with Crippen LogP contribution in [0.3, 0.4) is 0 Å². The van der Waals surface area contributed by atoms with Gasteiger partial charge in [0.15, 0.2) is 0 Å². The summed E-state index contributed by atoms with van der Waals surface area (Å²) in [5.41, 5.74) is 1.14. The average molecular weight is 386 g/mol. The standard InChI is InChI=1S/C21H26N2O5/c1-2-27-17-5-6-19-15(10-17)9-16(20(24)22-19)11-23(21(25)14-3-4-14)12-18-13-26-7-8-28-18/h5-6,9-10,14,18H,2-4,7-8,11-13H2,1H3,(H,22,24)/t18-/m1/s1. The van der Waals surface area contributed by atoms with Crippen molar-refractivity contribution in [3.63, 3.8) is 0 Å². The molecule has 150 valence electrons. The van der Waals surface area contributed by atoms with Crippen LogP contribution in [0.4, 0.5) is 0 Å². The van der Waals surface area contributed by atoms with E-state index in [1.165, 1.54) is 0 Å². The predicted octanol–water partition coefficient (Wildman–Crippen LogP) is 2.08. The van der Waals surface area contributed by atoms with E-state index in [0.717, 1.165) is 29.5 Å². The maximum absolute atomic E-state index is 12.8. The van der Waals surface area contributed by atoms with E-state index in [4.69, 9.17) is 14.2 Å². The Morgan fingerprint density at radius 1 is 1.29 bits per heavy atom. The van der Waals surface area contributed by atoms with Gasteiger partial charge in [-0.15, -0.1) is 0 Å². The molecular formula is C21H26N2O5. The van der Waals surface area contributed by atoms with E-state index in [1.807, 2.05) is 31.2 Å². The number of amides is 1. The molecule has 1 saturated heterocycles. The number of hydrogen-bond acceptors (Lipinski definition) is 5. The lowest BCUT2D eigenvalue weighted by atomic mass is 10.1. The summed E-state index contributed by atoms with van der Waals surface area (Å²) in [6, 6.07) is 7.43. The molecule has 2 aromatic rings. The molecule has 2 heterocycles.